The molecule has 1 heterocycles. The van der Waals surface area contributed by atoms with Crippen LogP contribution in [0.25, 0.3) is 0 Å². The van der Waals surface area contributed by atoms with Crippen molar-refractivity contribution in [3.05, 3.63) is 11.6 Å². The van der Waals surface area contributed by atoms with E-state index in [1.54, 1.807) is 4.68 Å². The van der Waals surface area contributed by atoms with Gasteiger partial charge in [0, 0.05) is 0 Å². The van der Waals surface area contributed by atoms with Gasteiger partial charge in [0.05, 0.1) is 6.61 Å². The molecule has 0 saturated heterocycles. The zero-order chi connectivity index (χ0) is 23.3. The Morgan fingerprint density at radius 1 is 1.03 bits per heavy atom. The van der Waals surface area contributed by atoms with Crippen LogP contribution in [0.2, 0.25) is 39.3 Å². The molecule has 1 rings (SSSR count). The summed E-state index contributed by atoms with van der Waals surface area (Å²) in [5.74, 6) is 0.964. The van der Waals surface area contributed by atoms with Crippen molar-refractivity contribution in [1.29, 1.82) is 0 Å². The molecule has 0 fully saturated rings. The summed E-state index contributed by atoms with van der Waals surface area (Å²) in [5.41, 5.74) is -0.942. The maximum atomic E-state index is 13.1. The van der Waals surface area contributed by atoms with Crippen molar-refractivity contribution >= 4 is 22.6 Å². The van der Waals surface area contributed by atoms with E-state index in [1.165, 1.54) is 0 Å². The zero-order valence-electron chi connectivity index (χ0n) is 21.0. The molecule has 0 spiro atoms. The summed E-state index contributed by atoms with van der Waals surface area (Å²) in [6, 6.07) is 0. The van der Waals surface area contributed by atoms with Gasteiger partial charge in [-0.1, -0.05) is 19.8 Å². The van der Waals surface area contributed by atoms with Gasteiger partial charge in [0.2, 0.25) is 0 Å². The van der Waals surface area contributed by atoms with Crippen molar-refractivity contribution in [1.82, 2.24) is 14.8 Å². The molecule has 0 amide bonds. The fraction of sp³-hybridized carbons (Fsp3) is 0.857. The lowest BCUT2D eigenvalue weighted by Crippen LogP contribution is -2.43. The summed E-state index contributed by atoms with van der Waals surface area (Å²) < 4.78 is 19.8. The maximum Gasteiger partial charge on any atom is 0.333 e. The SMILES string of the molecule is CCCCC(C)(C(=O)OCC)n1nc([C@H](C)O[Si](C)(C)C)nc1[C@H](C)O[Si](C)(C)C. The number of esters is 1. The number of hydrogen-bond donors (Lipinski definition) is 0. The second-order valence-electron chi connectivity index (χ2n) is 10.1. The monoisotopic (exact) mass is 457 g/mol. The lowest BCUT2D eigenvalue weighted by Gasteiger charge is -2.31. The first-order valence-corrected chi connectivity index (χ1v) is 18.0. The minimum Gasteiger partial charge on any atom is -0.464 e. The van der Waals surface area contributed by atoms with Crippen LogP contribution >= 0.6 is 0 Å². The van der Waals surface area contributed by atoms with Gasteiger partial charge in [-0.15, -0.1) is 0 Å². The Labute approximate surface area is 185 Å². The average Bonchev–Trinajstić information content (AvgIpc) is 3.03. The fourth-order valence-corrected chi connectivity index (χ4v) is 5.74. The molecule has 174 valence electrons. The highest BCUT2D eigenvalue weighted by Crippen LogP contribution is 2.32. The molecule has 0 aromatic carbocycles. The first-order chi connectivity index (χ1) is 13.6. The number of carbonyl (C=O) groups is 1. The Kier molecular flexibility index (Phi) is 9.47. The lowest BCUT2D eigenvalue weighted by atomic mass is 9.94. The van der Waals surface area contributed by atoms with E-state index in [1.807, 2.05) is 27.7 Å². The molecule has 1 aromatic heterocycles. The van der Waals surface area contributed by atoms with Crippen molar-refractivity contribution in [2.24, 2.45) is 0 Å². The molecule has 3 atom stereocenters. The summed E-state index contributed by atoms with van der Waals surface area (Å²) in [7, 11) is -3.61. The Hall–Kier alpha value is -1.04. The van der Waals surface area contributed by atoms with Gasteiger partial charge < -0.3 is 13.6 Å². The number of ether oxygens (including phenoxy) is 1. The van der Waals surface area contributed by atoms with Crippen molar-refractivity contribution in [2.45, 2.75) is 111 Å². The van der Waals surface area contributed by atoms with Crippen LogP contribution in [-0.4, -0.2) is 44.0 Å². The second-order valence-corrected chi connectivity index (χ2v) is 19.0. The van der Waals surface area contributed by atoms with Gasteiger partial charge in [0.15, 0.2) is 33.8 Å². The van der Waals surface area contributed by atoms with E-state index in [0.29, 0.717) is 24.7 Å². The van der Waals surface area contributed by atoms with Crippen LogP contribution in [0.5, 0.6) is 0 Å². The molecule has 0 radical (unpaired) electrons. The van der Waals surface area contributed by atoms with Gasteiger partial charge in [-0.2, -0.15) is 5.10 Å². The van der Waals surface area contributed by atoms with Crippen LogP contribution in [0.4, 0.5) is 0 Å². The molecule has 0 aliphatic carbocycles. The van der Waals surface area contributed by atoms with Crippen molar-refractivity contribution in [2.75, 3.05) is 6.61 Å². The van der Waals surface area contributed by atoms with E-state index >= 15 is 0 Å². The normalized spacial score (nSPS) is 16.8. The van der Waals surface area contributed by atoms with Gasteiger partial charge >= 0.3 is 5.97 Å². The molecule has 1 aromatic rings. The highest BCUT2D eigenvalue weighted by atomic mass is 28.4. The number of rotatable bonds is 12. The summed E-state index contributed by atoms with van der Waals surface area (Å²) in [5, 5.41) is 4.81. The van der Waals surface area contributed by atoms with Gasteiger partial charge in [0.25, 0.3) is 0 Å². The number of carbonyl (C=O) groups excluding carboxylic acids is 1. The molecule has 0 N–H and O–H groups in total. The van der Waals surface area contributed by atoms with Gasteiger partial charge in [-0.05, 0) is 73.4 Å². The van der Waals surface area contributed by atoms with Crippen LogP contribution in [0.15, 0.2) is 0 Å². The number of aromatic nitrogens is 3. The standard InChI is InChI=1S/C21H43N3O4Si2/c1-12-14-15-21(5,20(25)26-13-2)24-19(17(4)28-30(9,10)11)22-18(23-24)16(3)27-29(6,7)8/h16-17H,12-15H2,1-11H3/t16-,17-,21?/m0/s1. The van der Waals surface area contributed by atoms with Crippen molar-refractivity contribution in [3.8, 4) is 0 Å². The molecule has 0 bridgehead atoms. The predicted molar refractivity (Wildman–Crippen MR) is 126 cm³/mol. The van der Waals surface area contributed by atoms with E-state index < -0.39 is 22.2 Å². The zero-order valence-corrected chi connectivity index (χ0v) is 23.0. The third kappa shape index (κ3) is 7.58. The van der Waals surface area contributed by atoms with E-state index in [4.69, 9.17) is 23.7 Å². The van der Waals surface area contributed by atoms with Gasteiger partial charge in [-0.3, -0.25) is 0 Å². The fourth-order valence-electron chi connectivity index (χ4n) is 3.41. The van der Waals surface area contributed by atoms with Crippen LogP contribution in [-0.2, 0) is 23.9 Å². The summed E-state index contributed by atoms with van der Waals surface area (Å²) >= 11 is 0. The highest BCUT2D eigenvalue weighted by Gasteiger charge is 2.41. The molecule has 7 nitrogen and oxygen atoms in total. The minimum absolute atomic E-state index is 0.256. The second kappa shape index (κ2) is 10.5. The molecule has 0 aliphatic heterocycles. The van der Waals surface area contributed by atoms with Gasteiger partial charge in [0.1, 0.15) is 12.2 Å². The largest absolute Gasteiger partial charge is 0.464 e. The van der Waals surface area contributed by atoms with Crippen LogP contribution in [0, 0.1) is 0 Å². The van der Waals surface area contributed by atoms with Gasteiger partial charge in [-0.25, -0.2) is 14.5 Å². The molecule has 0 aliphatic rings. The number of unbranched alkanes of at least 4 members (excludes halogenated alkanes) is 1. The average molecular weight is 458 g/mol. The Balaban J connectivity index is 3.54. The highest BCUT2D eigenvalue weighted by molar-refractivity contribution is 6.70. The van der Waals surface area contributed by atoms with Crippen molar-refractivity contribution < 1.29 is 18.4 Å². The van der Waals surface area contributed by atoms with E-state index in [9.17, 15) is 4.79 Å². The van der Waals surface area contributed by atoms with Crippen LogP contribution < -0.4 is 0 Å². The Morgan fingerprint density at radius 3 is 2.03 bits per heavy atom. The third-order valence-electron chi connectivity index (χ3n) is 4.64. The lowest BCUT2D eigenvalue weighted by molar-refractivity contribution is -0.154. The van der Waals surface area contributed by atoms with E-state index in [2.05, 4.69) is 46.2 Å². The van der Waals surface area contributed by atoms with Crippen molar-refractivity contribution in [3.63, 3.8) is 0 Å². The Bertz CT molecular complexity index is 697. The quantitative estimate of drug-likeness (QED) is 0.301. The molecular formula is C21H43N3O4Si2. The molecule has 30 heavy (non-hydrogen) atoms. The Morgan fingerprint density at radius 2 is 1.57 bits per heavy atom. The molecule has 1 unspecified atom stereocenters. The maximum absolute atomic E-state index is 13.1. The van der Waals surface area contributed by atoms with E-state index in [-0.39, 0.29) is 18.2 Å². The summed E-state index contributed by atoms with van der Waals surface area (Å²) in [6.45, 7) is 23.0. The minimum atomic E-state index is -1.83. The first kappa shape index (κ1) is 27.0. The third-order valence-corrected chi connectivity index (χ3v) is 6.76. The van der Waals surface area contributed by atoms with Crippen LogP contribution in [0.3, 0.4) is 0 Å². The topological polar surface area (TPSA) is 75.5 Å². The predicted octanol–water partition coefficient (Wildman–Crippen LogP) is 5.57. The number of nitrogens with zero attached hydrogens (tertiary/aromatic N) is 3. The smallest absolute Gasteiger partial charge is 0.333 e. The number of hydrogen-bond acceptors (Lipinski definition) is 6. The van der Waals surface area contributed by atoms with Crippen LogP contribution in [0.1, 0.15) is 77.7 Å². The first-order valence-electron chi connectivity index (χ1n) is 11.1. The summed E-state index contributed by atoms with van der Waals surface area (Å²) in [6.07, 6.45) is 1.94. The molecular weight excluding hydrogens is 414 g/mol. The summed E-state index contributed by atoms with van der Waals surface area (Å²) in [4.78, 5) is 17.9. The van der Waals surface area contributed by atoms with E-state index in [0.717, 1.165) is 12.8 Å². The molecule has 0 saturated carbocycles. The molecule has 9 heteroatoms.